The molecule has 6 heteroatoms. The van der Waals surface area contributed by atoms with Gasteiger partial charge in [0.1, 0.15) is 12.4 Å². The van der Waals surface area contributed by atoms with Gasteiger partial charge in [-0.25, -0.2) is 0 Å². The lowest BCUT2D eigenvalue weighted by Gasteiger charge is -1.98. The molecule has 0 amide bonds. The second kappa shape index (κ2) is 5.33. The van der Waals surface area contributed by atoms with Crippen LogP contribution in [0.15, 0.2) is 12.4 Å². The molecular weight excluding hydrogens is 186 g/mol. The first-order chi connectivity index (χ1) is 6.74. The van der Waals surface area contributed by atoms with Crippen LogP contribution in [0.3, 0.4) is 0 Å². The molecule has 1 heterocycles. The third-order valence-corrected chi connectivity index (χ3v) is 1.88. The molecule has 1 aromatic rings. The number of aliphatic hydroxyl groups excluding tert-OH is 1. The summed E-state index contributed by atoms with van der Waals surface area (Å²) in [6.07, 6.45) is 5.21. The van der Waals surface area contributed by atoms with E-state index in [1.165, 1.54) is 12.4 Å². The first kappa shape index (κ1) is 10.6. The van der Waals surface area contributed by atoms with Crippen molar-refractivity contribution in [3.05, 3.63) is 22.5 Å². The van der Waals surface area contributed by atoms with Gasteiger partial charge in [-0.3, -0.25) is 14.8 Å². The van der Waals surface area contributed by atoms with Crippen LogP contribution in [-0.2, 0) is 6.54 Å². The molecule has 0 saturated carbocycles. The maximum absolute atomic E-state index is 10.3. The standard InChI is InChI=1S/C8H13N3O3/c12-5-3-1-2-4-10-7-8(6-9-10)11(13)14/h6-7,12H,1-5H2. The lowest BCUT2D eigenvalue weighted by atomic mass is 10.2. The second-order valence-corrected chi connectivity index (χ2v) is 3.00. The zero-order valence-corrected chi connectivity index (χ0v) is 7.80. The van der Waals surface area contributed by atoms with Gasteiger partial charge < -0.3 is 5.11 Å². The lowest BCUT2D eigenvalue weighted by Crippen LogP contribution is -1.98. The van der Waals surface area contributed by atoms with E-state index in [9.17, 15) is 10.1 Å². The summed E-state index contributed by atoms with van der Waals surface area (Å²) in [4.78, 5) is 9.85. The minimum absolute atomic E-state index is 0.0205. The van der Waals surface area contributed by atoms with Crippen molar-refractivity contribution in [1.29, 1.82) is 0 Å². The fourth-order valence-electron chi connectivity index (χ4n) is 1.13. The topological polar surface area (TPSA) is 81.2 Å². The van der Waals surface area contributed by atoms with Crippen LogP contribution in [0.25, 0.3) is 0 Å². The number of aryl methyl sites for hydroxylation is 1. The van der Waals surface area contributed by atoms with Crippen molar-refractivity contribution in [2.75, 3.05) is 6.61 Å². The Morgan fingerprint density at radius 2 is 2.29 bits per heavy atom. The smallest absolute Gasteiger partial charge is 0.306 e. The van der Waals surface area contributed by atoms with Gasteiger partial charge in [-0.05, 0) is 19.3 Å². The average molecular weight is 199 g/mol. The Morgan fingerprint density at radius 3 is 2.86 bits per heavy atom. The lowest BCUT2D eigenvalue weighted by molar-refractivity contribution is -0.385. The highest BCUT2D eigenvalue weighted by Crippen LogP contribution is 2.08. The highest BCUT2D eigenvalue weighted by atomic mass is 16.6. The quantitative estimate of drug-likeness (QED) is 0.420. The number of nitrogens with zero attached hydrogens (tertiary/aromatic N) is 3. The molecule has 0 fully saturated rings. The van der Waals surface area contributed by atoms with Crippen LogP contribution < -0.4 is 0 Å². The van der Waals surface area contributed by atoms with Gasteiger partial charge in [0.15, 0.2) is 0 Å². The van der Waals surface area contributed by atoms with Crippen molar-refractivity contribution in [3.63, 3.8) is 0 Å². The number of rotatable bonds is 6. The number of nitro groups is 1. The molecule has 78 valence electrons. The van der Waals surface area contributed by atoms with Crippen LogP contribution in [0.2, 0.25) is 0 Å². The Kier molecular flexibility index (Phi) is 4.06. The summed E-state index contributed by atoms with van der Waals surface area (Å²) in [5.41, 5.74) is 0.0205. The largest absolute Gasteiger partial charge is 0.396 e. The van der Waals surface area contributed by atoms with Crippen molar-refractivity contribution in [1.82, 2.24) is 9.78 Å². The maximum atomic E-state index is 10.3. The Morgan fingerprint density at radius 1 is 1.50 bits per heavy atom. The predicted octanol–water partition coefficient (Wildman–Crippen LogP) is 0.954. The summed E-state index contributed by atoms with van der Waals surface area (Å²) in [6.45, 7) is 0.854. The summed E-state index contributed by atoms with van der Waals surface area (Å²) in [6, 6.07) is 0. The number of aromatic nitrogens is 2. The highest BCUT2D eigenvalue weighted by Gasteiger charge is 2.07. The van der Waals surface area contributed by atoms with Crippen LogP contribution in [0.5, 0.6) is 0 Å². The molecule has 0 radical (unpaired) electrons. The molecule has 0 bridgehead atoms. The van der Waals surface area contributed by atoms with Crippen molar-refractivity contribution >= 4 is 5.69 Å². The van der Waals surface area contributed by atoms with E-state index in [0.717, 1.165) is 19.3 Å². The third-order valence-electron chi connectivity index (χ3n) is 1.88. The van der Waals surface area contributed by atoms with E-state index in [2.05, 4.69) is 5.10 Å². The van der Waals surface area contributed by atoms with Crippen LogP contribution in [-0.4, -0.2) is 26.4 Å². The molecule has 0 aliphatic rings. The summed E-state index contributed by atoms with van der Waals surface area (Å²) < 4.78 is 1.55. The van der Waals surface area contributed by atoms with Crippen molar-refractivity contribution in [2.24, 2.45) is 0 Å². The zero-order chi connectivity index (χ0) is 10.4. The van der Waals surface area contributed by atoms with E-state index in [0.29, 0.717) is 6.54 Å². The molecule has 1 rings (SSSR count). The van der Waals surface area contributed by atoms with Gasteiger partial charge in [0.25, 0.3) is 0 Å². The van der Waals surface area contributed by atoms with Gasteiger partial charge >= 0.3 is 5.69 Å². The molecule has 0 saturated heterocycles. The average Bonchev–Trinajstić information content (AvgIpc) is 2.61. The normalized spacial score (nSPS) is 10.4. The third kappa shape index (κ3) is 3.14. The summed E-state index contributed by atoms with van der Waals surface area (Å²) in [5, 5.41) is 22.7. The second-order valence-electron chi connectivity index (χ2n) is 3.00. The van der Waals surface area contributed by atoms with Gasteiger partial charge in [-0.2, -0.15) is 5.10 Å². The van der Waals surface area contributed by atoms with Crippen LogP contribution in [0.1, 0.15) is 19.3 Å². The molecule has 14 heavy (non-hydrogen) atoms. The minimum atomic E-state index is -0.461. The number of hydrogen-bond donors (Lipinski definition) is 1. The van der Waals surface area contributed by atoms with Crippen LogP contribution in [0, 0.1) is 10.1 Å². The number of unbranched alkanes of at least 4 members (excludes halogenated alkanes) is 2. The van der Waals surface area contributed by atoms with Crippen molar-refractivity contribution < 1.29 is 10.0 Å². The summed E-state index contributed by atoms with van der Waals surface area (Å²) in [7, 11) is 0. The first-order valence-corrected chi connectivity index (χ1v) is 4.51. The molecule has 1 aromatic heterocycles. The van der Waals surface area contributed by atoms with E-state index in [-0.39, 0.29) is 12.3 Å². The molecule has 0 spiro atoms. The molecule has 0 aliphatic carbocycles. The summed E-state index contributed by atoms with van der Waals surface area (Å²) >= 11 is 0. The predicted molar refractivity (Wildman–Crippen MR) is 49.8 cm³/mol. The SMILES string of the molecule is O=[N+]([O-])c1cnn(CCCCCO)c1. The van der Waals surface area contributed by atoms with Crippen molar-refractivity contribution in [2.45, 2.75) is 25.8 Å². The molecule has 6 nitrogen and oxygen atoms in total. The van der Waals surface area contributed by atoms with Gasteiger partial charge in [-0.1, -0.05) is 0 Å². The van der Waals surface area contributed by atoms with Crippen LogP contribution >= 0.6 is 0 Å². The minimum Gasteiger partial charge on any atom is -0.396 e. The Balaban J connectivity index is 2.33. The molecule has 0 atom stereocenters. The Labute approximate surface area is 81.3 Å². The number of aliphatic hydroxyl groups is 1. The van der Waals surface area contributed by atoms with Gasteiger partial charge in [-0.15, -0.1) is 0 Å². The maximum Gasteiger partial charge on any atom is 0.306 e. The molecule has 0 unspecified atom stereocenters. The summed E-state index contributed by atoms with van der Waals surface area (Å²) in [5.74, 6) is 0. The van der Waals surface area contributed by atoms with E-state index in [1.54, 1.807) is 4.68 Å². The van der Waals surface area contributed by atoms with E-state index in [1.807, 2.05) is 0 Å². The fraction of sp³-hybridized carbons (Fsp3) is 0.625. The molecule has 1 N–H and O–H groups in total. The van der Waals surface area contributed by atoms with E-state index in [4.69, 9.17) is 5.11 Å². The molecule has 0 aromatic carbocycles. The highest BCUT2D eigenvalue weighted by molar-refractivity contribution is 5.20. The monoisotopic (exact) mass is 199 g/mol. The van der Waals surface area contributed by atoms with Gasteiger partial charge in [0.05, 0.1) is 4.92 Å². The zero-order valence-electron chi connectivity index (χ0n) is 7.80. The fourth-order valence-corrected chi connectivity index (χ4v) is 1.13. The van der Waals surface area contributed by atoms with E-state index < -0.39 is 4.92 Å². The molecule has 0 aliphatic heterocycles. The Hall–Kier alpha value is -1.43. The van der Waals surface area contributed by atoms with E-state index >= 15 is 0 Å². The van der Waals surface area contributed by atoms with Crippen LogP contribution in [0.4, 0.5) is 5.69 Å². The van der Waals surface area contributed by atoms with Crippen molar-refractivity contribution in [3.8, 4) is 0 Å². The number of hydrogen-bond acceptors (Lipinski definition) is 4. The van der Waals surface area contributed by atoms with Gasteiger partial charge in [0.2, 0.25) is 0 Å². The van der Waals surface area contributed by atoms with Gasteiger partial charge in [0, 0.05) is 13.2 Å². The first-order valence-electron chi connectivity index (χ1n) is 4.51. The molecular formula is C8H13N3O3. The Bertz CT molecular complexity index is 298.